The number of rotatable bonds is 28. The van der Waals surface area contributed by atoms with Gasteiger partial charge in [-0.05, 0) is 0 Å². The molecular formula is C28H60AsO5PS. The molecule has 0 aliphatic carbocycles. The number of hydrogen-bond donors (Lipinski definition) is 0. The van der Waals surface area contributed by atoms with Gasteiger partial charge in [0.25, 0.3) is 0 Å². The molecule has 8 heteroatoms. The number of thioether (sulfide) groups is 1. The molecular weight excluding hydrogens is 554 g/mol. The first-order valence-corrected chi connectivity index (χ1v) is 24.2. The third-order valence-electron chi connectivity index (χ3n) is 6.38. The molecule has 0 saturated heterocycles. The molecule has 2 unspecified atom stereocenters. The van der Waals surface area contributed by atoms with Gasteiger partial charge < -0.3 is 0 Å². The van der Waals surface area contributed by atoms with Crippen molar-refractivity contribution in [1.29, 1.82) is 0 Å². The number of phosphoric acid groups is 1. The molecule has 0 N–H and O–H groups in total. The van der Waals surface area contributed by atoms with Gasteiger partial charge in [-0.2, -0.15) is 0 Å². The van der Waals surface area contributed by atoms with Crippen molar-refractivity contribution in [2.24, 2.45) is 5.92 Å². The second kappa shape index (κ2) is 25.0. The molecule has 0 fully saturated rings. The van der Waals surface area contributed by atoms with Crippen LogP contribution in [-0.4, -0.2) is 52.0 Å². The molecule has 2 atom stereocenters. The summed E-state index contributed by atoms with van der Waals surface area (Å²) in [4.78, 5) is 12.0. The molecule has 5 nitrogen and oxygen atoms in total. The van der Waals surface area contributed by atoms with Crippen LogP contribution in [0.1, 0.15) is 110 Å². The van der Waals surface area contributed by atoms with Gasteiger partial charge in [0.15, 0.2) is 0 Å². The summed E-state index contributed by atoms with van der Waals surface area (Å²) in [6.07, 6.45) is 22.2. The quantitative estimate of drug-likeness (QED) is 0.0498. The molecule has 36 heavy (non-hydrogen) atoms. The Morgan fingerprint density at radius 2 is 1.22 bits per heavy atom. The zero-order chi connectivity index (χ0) is 27.0. The van der Waals surface area contributed by atoms with E-state index in [9.17, 15) is 9.46 Å². The molecule has 0 amide bonds. The number of phosphoric ester groups is 1. The Hall–Kier alpha value is 0.978. The topological polar surface area (TPSA) is 67.8 Å². The second-order valence-corrected chi connectivity index (χ2v) is 24.4. The Labute approximate surface area is 232 Å². The maximum atomic E-state index is 12.0. The van der Waals surface area contributed by atoms with Gasteiger partial charge >= 0.3 is 136 Å². The van der Waals surface area contributed by atoms with Gasteiger partial charge in [-0.3, -0.25) is 0 Å². The summed E-state index contributed by atoms with van der Waals surface area (Å²) in [5, 5.41) is 0.838. The Bertz CT molecular complexity index is 519. The number of ether oxygens (including phenoxy) is 1. The molecule has 0 aliphatic heterocycles. The standard InChI is InChI=1S/C28H60AsO5PS/c1-6-7-8-9-10-11-12-13-14-15-16-17-18-19-20-21-24-36-27-28(25-32-5)26-34-35(30,31)33-23-22-29(2,3)4/h28H,6-27H2,1-5H3. The monoisotopic (exact) mass is 614 g/mol. The SMILES string of the molecule is CCCCCCCCCCCCCCCCCCSCC(COC)COP(=O)([O-])OCC[As+](C)(C)C. The minimum atomic E-state index is -4.22. The van der Waals surface area contributed by atoms with E-state index in [1.807, 2.05) is 11.8 Å². The summed E-state index contributed by atoms with van der Waals surface area (Å²) >= 11 is 0.222. The third-order valence-corrected chi connectivity index (χ3v) is 11.8. The van der Waals surface area contributed by atoms with Crippen LogP contribution in [0.25, 0.3) is 0 Å². The van der Waals surface area contributed by atoms with Crippen molar-refractivity contribution in [1.82, 2.24) is 0 Å². The Kier molecular flexibility index (Phi) is 25.7. The average molecular weight is 615 g/mol. The minimum absolute atomic E-state index is 0.0613. The van der Waals surface area contributed by atoms with Gasteiger partial charge in [-0.1, -0.05) is 96.8 Å². The average Bonchev–Trinajstić information content (AvgIpc) is 2.80. The van der Waals surface area contributed by atoms with Crippen molar-refractivity contribution >= 4 is 33.1 Å². The van der Waals surface area contributed by atoms with E-state index in [4.69, 9.17) is 13.8 Å². The number of hydrogen-bond acceptors (Lipinski definition) is 6. The molecule has 0 aromatic carbocycles. The third kappa shape index (κ3) is 28.0. The van der Waals surface area contributed by atoms with Gasteiger partial charge in [0.2, 0.25) is 0 Å². The van der Waals surface area contributed by atoms with Gasteiger partial charge in [0.05, 0.1) is 0 Å². The molecule has 0 aromatic heterocycles. The predicted molar refractivity (Wildman–Crippen MR) is 160 cm³/mol. The maximum absolute atomic E-state index is 12.0. The Morgan fingerprint density at radius 3 is 1.67 bits per heavy atom. The van der Waals surface area contributed by atoms with Crippen LogP contribution in [0.5, 0.6) is 0 Å². The van der Waals surface area contributed by atoms with Crippen LogP contribution < -0.4 is 4.89 Å². The van der Waals surface area contributed by atoms with Crippen LogP contribution in [0, 0.1) is 5.92 Å². The fourth-order valence-electron chi connectivity index (χ4n) is 4.04. The first-order chi connectivity index (χ1) is 17.2. The van der Waals surface area contributed by atoms with Crippen molar-refractivity contribution in [3.63, 3.8) is 0 Å². The zero-order valence-corrected chi connectivity index (χ0v) is 28.1. The van der Waals surface area contributed by atoms with Crippen LogP contribution >= 0.6 is 19.6 Å². The van der Waals surface area contributed by atoms with E-state index in [1.54, 1.807) is 7.11 Å². The molecule has 0 aromatic rings. The summed E-state index contributed by atoms with van der Waals surface area (Å²) in [6, 6.07) is 0. The second-order valence-electron chi connectivity index (χ2n) is 11.3. The van der Waals surface area contributed by atoms with E-state index in [-0.39, 0.29) is 19.1 Å². The summed E-state index contributed by atoms with van der Waals surface area (Å²) in [6.45, 7) is 3.16. The number of unbranched alkanes of at least 4 members (excludes halogenated alkanes) is 15. The van der Waals surface area contributed by atoms with Crippen molar-refractivity contribution < 1.29 is 23.2 Å². The van der Waals surface area contributed by atoms with E-state index in [0.29, 0.717) is 6.61 Å². The molecule has 218 valence electrons. The summed E-state index contributed by atoms with van der Waals surface area (Å²) in [5.74, 6) is 2.02. The van der Waals surface area contributed by atoms with Crippen LogP contribution in [0.4, 0.5) is 0 Å². The Morgan fingerprint density at radius 1 is 0.750 bits per heavy atom. The van der Waals surface area contributed by atoms with Gasteiger partial charge in [0.1, 0.15) is 0 Å². The van der Waals surface area contributed by atoms with Crippen LogP contribution in [0.3, 0.4) is 0 Å². The number of methoxy groups -OCH3 is 1. The summed E-state index contributed by atoms with van der Waals surface area (Å²) in [7, 11) is -2.57. The fourth-order valence-corrected chi connectivity index (χ4v) is 7.58. The molecule has 0 radical (unpaired) electrons. The van der Waals surface area contributed by atoms with E-state index < -0.39 is 21.4 Å². The first kappa shape index (κ1) is 37.0. The molecule has 0 rings (SSSR count). The van der Waals surface area contributed by atoms with Crippen LogP contribution in [-0.2, 0) is 18.3 Å². The van der Waals surface area contributed by atoms with Gasteiger partial charge in [-0.25, -0.2) is 0 Å². The normalized spacial score (nSPS) is 14.7. The molecule has 0 saturated carbocycles. The van der Waals surface area contributed by atoms with Crippen molar-refractivity contribution in [2.45, 2.75) is 132 Å². The zero-order valence-electron chi connectivity index (χ0n) is 24.5. The molecule has 0 heterocycles. The van der Waals surface area contributed by atoms with Crippen molar-refractivity contribution in [3.05, 3.63) is 0 Å². The van der Waals surface area contributed by atoms with Gasteiger partial charge in [0, 0.05) is 0 Å². The van der Waals surface area contributed by atoms with Gasteiger partial charge in [-0.15, -0.1) is 0 Å². The fraction of sp³-hybridized carbons (Fsp3) is 1.00. The van der Waals surface area contributed by atoms with E-state index >= 15 is 0 Å². The van der Waals surface area contributed by atoms with Crippen molar-refractivity contribution in [2.75, 3.05) is 38.4 Å². The first-order valence-electron chi connectivity index (χ1n) is 14.7. The molecule has 0 aliphatic rings. The Balaban J connectivity index is 3.59. The molecule has 0 spiro atoms. The van der Waals surface area contributed by atoms with E-state index in [0.717, 1.165) is 16.7 Å². The summed E-state index contributed by atoms with van der Waals surface area (Å²) < 4.78 is 27.5. The summed E-state index contributed by atoms with van der Waals surface area (Å²) in [5.41, 5.74) is 6.68. The van der Waals surface area contributed by atoms with E-state index in [2.05, 4.69) is 24.1 Å². The van der Waals surface area contributed by atoms with Crippen molar-refractivity contribution in [3.8, 4) is 0 Å². The van der Waals surface area contributed by atoms with Crippen LogP contribution in [0.15, 0.2) is 0 Å². The van der Waals surface area contributed by atoms with Crippen LogP contribution in [0.2, 0.25) is 22.3 Å². The predicted octanol–water partition coefficient (Wildman–Crippen LogP) is 9.08. The molecule has 0 bridgehead atoms. The van der Waals surface area contributed by atoms with E-state index in [1.165, 1.54) is 103 Å².